The average Bonchev–Trinajstić information content (AvgIpc) is 3.05. The van der Waals surface area contributed by atoms with Crippen molar-refractivity contribution >= 4 is 34.2 Å². The Labute approximate surface area is 254 Å². The molecule has 228 valence electrons. The lowest BCUT2D eigenvalue weighted by Crippen LogP contribution is -2.44. The van der Waals surface area contributed by atoms with Crippen LogP contribution in [0.2, 0.25) is 0 Å². The second-order valence-corrected chi connectivity index (χ2v) is 10.7. The molecule has 0 saturated carbocycles. The van der Waals surface area contributed by atoms with E-state index in [0.717, 1.165) is 44.7 Å². The highest BCUT2D eigenvalue weighted by molar-refractivity contribution is 6.08. The van der Waals surface area contributed by atoms with Gasteiger partial charge in [-0.05, 0) is 73.5 Å². The fourth-order valence-electron chi connectivity index (χ4n) is 5.57. The molecule has 2 aliphatic heterocycles. The van der Waals surface area contributed by atoms with Gasteiger partial charge in [-0.25, -0.2) is 4.79 Å². The van der Waals surface area contributed by atoms with Crippen LogP contribution >= 0.6 is 0 Å². The minimum atomic E-state index is -0.756. The zero-order valence-corrected chi connectivity index (χ0v) is 24.6. The number of nitrogens with one attached hydrogen (secondary N) is 3. The zero-order chi connectivity index (χ0) is 30.6. The Balaban J connectivity index is 1.19. The standard InChI is InChI=1S/C33H34N4O7/c1-41-23-6-3-5-20(17-23)24-18-22(9-10-26(24)42-2)31(38)35-25-19-21-8-11-27-29(30(21)44-33(25)40)36-32(39)28(43-27)7-4-14-37-15-12-34-13-16-37/h3,5-6,8-11,17-19,28,34H,4,7,12-16H2,1-2H3,(H,35,38)(H,36,39). The van der Waals surface area contributed by atoms with Gasteiger partial charge in [-0.2, -0.15) is 0 Å². The van der Waals surface area contributed by atoms with E-state index in [1.165, 1.54) is 6.07 Å². The average molecular weight is 599 g/mol. The Bertz CT molecular complexity index is 1760. The highest BCUT2D eigenvalue weighted by atomic mass is 16.5. The Morgan fingerprint density at radius 1 is 1.02 bits per heavy atom. The summed E-state index contributed by atoms with van der Waals surface area (Å²) in [7, 11) is 3.14. The van der Waals surface area contributed by atoms with Crippen LogP contribution in [0.3, 0.4) is 0 Å². The lowest BCUT2D eigenvalue weighted by atomic mass is 10.0. The molecule has 3 N–H and O–H groups in total. The molecule has 0 bridgehead atoms. The van der Waals surface area contributed by atoms with E-state index in [9.17, 15) is 14.4 Å². The quantitative estimate of drug-likeness (QED) is 0.244. The Hall–Kier alpha value is -4.87. The summed E-state index contributed by atoms with van der Waals surface area (Å²) in [6, 6.07) is 17.4. The van der Waals surface area contributed by atoms with Crippen LogP contribution in [-0.2, 0) is 4.79 Å². The Kier molecular flexibility index (Phi) is 8.49. The number of hydrogen-bond donors (Lipinski definition) is 3. The smallest absolute Gasteiger partial charge is 0.360 e. The maximum absolute atomic E-state index is 13.3. The van der Waals surface area contributed by atoms with E-state index in [0.29, 0.717) is 45.9 Å². The van der Waals surface area contributed by atoms with Crippen molar-refractivity contribution in [2.75, 3.05) is 57.6 Å². The largest absolute Gasteiger partial charge is 0.497 e. The van der Waals surface area contributed by atoms with Crippen LogP contribution in [0, 0.1) is 0 Å². The van der Waals surface area contributed by atoms with Gasteiger partial charge >= 0.3 is 5.63 Å². The van der Waals surface area contributed by atoms with E-state index in [1.54, 1.807) is 44.6 Å². The monoisotopic (exact) mass is 598 g/mol. The van der Waals surface area contributed by atoms with Crippen molar-refractivity contribution < 1.29 is 28.2 Å². The number of ether oxygens (including phenoxy) is 3. The third-order valence-electron chi connectivity index (χ3n) is 7.92. The van der Waals surface area contributed by atoms with E-state index in [-0.39, 0.29) is 17.2 Å². The van der Waals surface area contributed by atoms with Gasteiger partial charge in [0.05, 0.1) is 14.2 Å². The summed E-state index contributed by atoms with van der Waals surface area (Å²) >= 11 is 0. The molecule has 6 rings (SSSR count). The molecule has 3 heterocycles. The van der Waals surface area contributed by atoms with Crippen LogP contribution in [-0.4, -0.2) is 69.8 Å². The van der Waals surface area contributed by atoms with Crippen LogP contribution < -0.4 is 35.8 Å². The highest BCUT2D eigenvalue weighted by Crippen LogP contribution is 2.38. The Morgan fingerprint density at radius 3 is 2.66 bits per heavy atom. The van der Waals surface area contributed by atoms with Crippen molar-refractivity contribution in [2.45, 2.75) is 18.9 Å². The van der Waals surface area contributed by atoms with E-state index < -0.39 is 17.6 Å². The molecular formula is C33H34N4O7. The molecule has 1 unspecified atom stereocenters. The predicted octanol–water partition coefficient (Wildman–Crippen LogP) is 4.11. The number of fused-ring (bicyclic) bond motifs is 3. The molecule has 11 heteroatoms. The fraction of sp³-hybridized carbons (Fsp3) is 0.303. The summed E-state index contributed by atoms with van der Waals surface area (Å²) in [5.41, 5.74) is 1.51. The SMILES string of the molecule is COc1cccc(-c2cc(C(=O)Nc3cc4ccc5c(c4oc3=O)NC(=O)C(CCCN3CCNCC3)O5)ccc2OC)c1. The maximum Gasteiger partial charge on any atom is 0.360 e. The van der Waals surface area contributed by atoms with E-state index in [1.807, 2.05) is 24.3 Å². The molecule has 1 aromatic heterocycles. The highest BCUT2D eigenvalue weighted by Gasteiger charge is 2.30. The zero-order valence-electron chi connectivity index (χ0n) is 24.6. The molecule has 3 aromatic carbocycles. The molecule has 11 nitrogen and oxygen atoms in total. The van der Waals surface area contributed by atoms with E-state index in [4.69, 9.17) is 18.6 Å². The molecule has 4 aromatic rings. The fourth-order valence-corrected chi connectivity index (χ4v) is 5.57. The third kappa shape index (κ3) is 6.10. The first kappa shape index (κ1) is 29.2. The van der Waals surface area contributed by atoms with Crippen LogP contribution in [0.4, 0.5) is 11.4 Å². The van der Waals surface area contributed by atoms with Crippen LogP contribution in [0.1, 0.15) is 23.2 Å². The van der Waals surface area contributed by atoms with Crippen molar-refractivity contribution in [2.24, 2.45) is 0 Å². The van der Waals surface area contributed by atoms with Gasteiger partial charge in [-0.3, -0.25) is 9.59 Å². The summed E-state index contributed by atoms with van der Waals surface area (Å²) in [6.45, 7) is 4.85. The number of rotatable bonds is 9. The predicted molar refractivity (Wildman–Crippen MR) is 167 cm³/mol. The van der Waals surface area contributed by atoms with Gasteiger partial charge in [0.1, 0.15) is 28.6 Å². The van der Waals surface area contributed by atoms with Crippen molar-refractivity contribution in [3.05, 3.63) is 76.6 Å². The number of hydrogen-bond acceptors (Lipinski definition) is 9. The number of piperazine rings is 1. The lowest BCUT2D eigenvalue weighted by Gasteiger charge is -2.29. The number of amides is 2. The second kappa shape index (κ2) is 12.8. The summed E-state index contributed by atoms with van der Waals surface area (Å²) in [5.74, 6) is 0.903. The normalized spacial score (nSPS) is 16.5. The van der Waals surface area contributed by atoms with Crippen LogP contribution in [0.25, 0.3) is 22.1 Å². The number of carbonyl (C=O) groups is 2. The summed E-state index contributed by atoms with van der Waals surface area (Å²) < 4.78 is 22.5. The molecule has 0 spiro atoms. The van der Waals surface area contributed by atoms with Gasteiger partial charge in [-0.15, -0.1) is 0 Å². The first-order valence-corrected chi connectivity index (χ1v) is 14.6. The third-order valence-corrected chi connectivity index (χ3v) is 7.92. The number of benzene rings is 3. The number of anilines is 2. The molecule has 1 fully saturated rings. The lowest BCUT2D eigenvalue weighted by molar-refractivity contribution is -0.123. The van der Waals surface area contributed by atoms with Crippen molar-refractivity contribution in [3.63, 3.8) is 0 Å². The number of carbonyl (C=O) groups excluding carboxylic acids is 2. The van der Waals surface area contributed by atoms with Crippen LogP contribution in [0.15, 0.2) is 69.9 Å². The summed E-state index contributed by atoms with van der Waals surface area (Å²) in [5, 5.41) is 9.39. The first-order chi connectivity index (χ1) is 21.4. The molecule has 0 radical (unpaired) electrons. The molecule has 44 heavy (non-hydrogen) atoms. The number of methoxy groups -OCH3 is 2. The van der Waals surface area contributed by atoms with Gasteiger partial charge in [0.15, 0.2) is 11.7 Å². The van der Waals surface area contributed by atoms with Crippen molar-refractivity contribution in [1.82, 2.24) is 10.2 Å². The first-order valence-electron chi connectivity index (χ1n) is 14.6. The molecular weight excluding hydrogens is 564 g/mol. The Morgan fingerprint density at radius 2 is 1.86 bits per heavy atom. The number of nitrogens with zero attached hydrogens (tertiary/aromatic N) is 1. The van der Waals surface area contributed by atoms with Crippen molar-refractivity contribution in [3.8, 4) is 28.4 Å². The summed E-state index contributed by atoms with van der Waals surface area (Å²) in [4.78, 5) is 41.5. The maximum atomic E-state index is 13.3. The van der Waals surface area contributed by atoms with E-state index >= 15 is 0 Å². The second-order valence-electron chi connectivity index (χ2n) is 10.7. The van der Waals surface area contributed by atoms with Crippen molar-refractivity contribution in [1.29, 1.82) is 0 Å². The molecule has 2 aliphatic rings. The molecule has 1 saturated heterocycles. The van der Waals surface area contributed by atoms with Gasteiger partial charge in [-0.1, -0.05) is 12.1 Å². The van der Waals surface area contributed by atoms with Gasteiger partial charge in [0, 0.05) is 42.7 Å². The topological polar surface area (TPSA) is 131 Å². The minimum absolute atomic E-state index is 0.0324. The molecule has 0 aliphatic carbocycles. The van der Waals surface area contributed by atoms with E-state index in [2.05, 4.69) is 20.9 Å². The molecule has 1 atom stereocenters. The molecule has 2 amide bonds. The van der Waals surface area contributed by atoms with Gasteiger partial charge < -0.3 is 39.5 Å². The van der Waals surface area contributed by atoms with Gasteiger partial charge in [0.25, 0.3) is 11.8 Å². The summed E-state index contributed by atoms with van der Waals surface area (Å²) in [6.07, 6.45) is 0.779. The van der Waals surface area contributed by atoms with Crippen LogP contribution in [0.5, 0.6) is 17.2 Å². The van der Waals surface area contributed by atoms with Gasteiger partial charge in [0.2, 0.25) is 0 Å². The minimum Gasteiger partial charge on any atom is -0.497 e.